The number of aryl methyl sites for hydroxylation is 2. The number of hydrogen-bond acceptors (Lipinski definition) is 2. The monoisotopic (exact) mass is 241 g/mol. The van der Waals surface area contributed by atoms with Gasteiger partial charge in [0, 0.05) is 10.9 Å². The van der Waals surface area contributed by atoms with Crippen molar-refractivity contribution in [3.05, 3.63) is 27.5 Å². The first-order valence-corrected chi connectivity index (χ1v) is 5.02. The molecule has 0 aromatic carbocycles. The van der Waals surface area contributed by atoms with E-state index in [0.717, 1.165) is 15.7 Å². The first-order valence-electron chi connectivity index (χ1n) is 4.23. The lowest BCUT2D eigenvalue weighted by Gasteiger charge is -2.04. The van der Waals surface area contributed by atoms with Crippen LogP contribution in [-0.2, 0) is 0 Å². The molecular weight excluding hydrogens is 230 g/mol. The van der Waals surface area contributed by atoms with Crippen LogP contribution in [0.5, 0.6) is 0 Å². The highest BCUT2D eigenvalue weighted by atomic mass is 79.9. The molecule has 0 unspecified atom stereocenters. The summed E-state index contributed by atoms with van der Waals surface area (Å²) in [6, 6.07) is 1.82. The average Bonchev–Trinajstić information content (AvgIpc) is 2.12. The van der Waals surface area contributed by atoms with E-state index in [1.54, 1.807) is 0 Å². The smallest absolute Gasteiger partial charge is 0.180 e. The minimum Gasteiger partial charge on any atom is -0.292 e. The van der Waals surface area contributed by atoms with Gasteiger partial charge < -0.3 is 0 Å². The number of hydrogen-bond donors (Lipinski definition) is 0. The fourth-order valence-corrected chi connectivity index (χ4v) is 1.34. The largest absolute Gasteiger partial charge is 0.292 e. The van der Waals surface area contributed by atoms with Crippen molar-refractivity contribution in [1.29, 1.82) is 0 Å². The summed E-state index contributed by atoms with van der Waals surface area (Å²) in [7, 11) is 0. The maximum absolute atomic E-state index is 11.4. The van der Waals surface area contributed by atoms with Crippen molar-refractivity contribution in [3.8, 4) is 0 Å². The molecular formula is C10H12BrNO. The Kier molecular flexibility index (Phi) is 3.20. The Labute approximate surface area is 86.5 Å². The van der Waals surface area contributed by atoms with Gasteiger partial charge >= 0.3 is 0 Å². The van der Waals surface area contributed by atoms with Gasteiger partial charge in [-0.25, -0.2) is 4.98 Å². The van der Waals surface area contributed by atoms with Crippen LogP contribution >= 0.6 is 15.9 Å². The van der Waals surface area contributed by atoms with E-state index < -0.39 is 0 Å². The maximum atomic E-state index is 11.4. The minimum absolute atomic E-state index is 0.0960. The van der Waals surface area contributed by atoms with Gasteiger partial charge in [-0.3, -0.25) is 4.79 Å². The number of aromatic nitrogens is 1. The second-order valence-electron chi connectivity index (χ2n) is 3.00. The Balaban J connectivity index is 3.20. The van der Waals surface area contributed by atoms with Crippen molar-refractivity contribution in [2.75, 3.05) is 0 Å². The average molecular weight is 242 g/mol. The zero-order valence-corrected chi connectivity index (χ0v) is 9.60. The highest BCUT2D eigenvalue weighted by molar-refractivity contribution is 9.10. The first kappa shape index (κ1) is 10.4. The SMILES string of the molecule is CCC(=O)c1cc(C)c(Br)c(C)n1. The van der Waals surface area contributed by atoms with Gasteiger partial charge in [-0.2, -0.15) is 0 Å². The van der Waals surface area contributed by atoms with Crippen LogP contribution in [-0.4, -0.2) is 10.8 Å². The number of ketones is 1. The quantitative estimate of drug-likeness (QED) is 0.746. The van der Waals surface area contributed by atoms with Crippen LogP contribution in [0.4, 0.5) is 0 Å². The lowest BCUT2D eigenvalue weighted by Crippen LogP contribution is -2.03. The number of nitrogens with zero attached hydrogens (tertiary/aromatic N) is 1. The maximum Gasteiger partial charge on any atom is 0.180 e. The molecule has 1 aromatic rings. The predicted octanol–water partition coefficient (Wildman–Crippen LogP) is 3.05. The van der Waals surface area contributed by atoms with E-state index >= 15 is 0 Å². The van der Waals surface area contributed by atoms with Gasteiger partial charge in [0.1, 0.15) is 5.69 Å². The molecule has 0 bridgehead atoms. The second kappa shape index (κ2) is 4.01. The molecule has 0 saturated carbocycles. The Bertz CT molecular complexity index is 324. The summed E-state index contributed by atoms with van der Waals surface area (Å²) >= 11 is 3.41. The molecule has 0 fully saturated rings. The van der Waals surface area contributed by atoms with E-state index in [0.29, 0.717) is 12.1 Å². The summed E-state index contributed by atoms with van der Waals surface area (Å²) in [5.74, 6) is 0.0960. The first-order chi connectivity index (χ1) is 6.06. The Hall–Kier alpha value is -0.700. The van der Waals surface area contributed by atoms with Gasteiger partial charge in [-0.1, -0.05) is 6.92 Å². The van der Waals surface area contributed by atoms with Crippen LogP contribution in [0.15, 0.2) is 10.5 Å². The molecule has 70 valence electrons. The van der Waals surface area contributed by atoms with Crippen LogP contribution in [0.3, 0.4) is 0 Å². The second-order valence-corrected chi connectivity index (χ2v) is 3.79. The molecule has 0 aliphatic rings. The molecule has 3 heteroatoms. The highest BCUT2D eigenvalue weighted by Crippen LogP contribution is 2.20. The van der Waals surface area contributed by atoms with E-state index in [9.17, 15) is 4.79 Å². The number of Topliss-reactive ketones (excluding diaryl/α,β-unsaturated/α-hetero) is 1. The molecule has 0 radical (unpaired) electrons. The summed E-state index contributed by atoms with van der Waals surface area (Å²) in [6.45, 7) is 5.70. The summed E-state index contributed by atoms with van der Waals surface area (Å²) in [6.07, 6.45) is 0.507. The van der Waals surface area contributed by atoms with Crippen LogP contribution in [0, 0.1) is 13.8 Å². The Morgan fingerprint density at radius 3 is 2.62 bits per heavy atom. The predicted molar refractivity (Wildman–Crippen MR) is 56.0 cm³/mol. The summed E-state index contributed by atoms with van der Waals surface area (Å²) in [5, 5.41) is 0. The van der Waals surface area contributed by atoms with Gasteiger partial charge in [0.25, 0.3) is 0 Å². The lowest BCUT2D eigenvalue weighted by atomic mass is 10.1. The van der Waals surface area contributed by atoms with Crippen LogP contribution in [0.2, 0.25) is 0 Å². The number of rotatable bonds is 2. The topological polar surface area (TPSA) is 30.0 Å². The fraction of sp³-hybridized carbons (Fsp3) is 0.400. The van der Waals surface area contributed by atoms with Crippen molar-refractivity contribution in [3.63, 3.8) is 0 Å². The molecule has 0 aliphatic heterocycles. The van der Waals surface area contributed by atoms with Crippen LogP contribution in [0.1, 0.15) is 35.1 Å². The van der Waals surface area contributed by atoms with Gasteiger partial charge in [0.05, 0.1) is 5.69 Å². The summed E-state index contributed by atoms with van der Waals surface area (Å²) in [4.78, 5) is 15.6. The zero-order valence-electron chi connectivity index (χ0n) is 8.02. The molecule has 1 heterocycles. The third-order valence-corrected chi connectivity index (χ3v) is 3.11. The van der Waals surface area contributed by atoms with Gasteiger partial charge in [-0.05, 0) is 41.4 Å². The van der Waals surface area contributed by atoms with Crippen LogP contribution < -0.4 is 0 Å². The van der Waals surface area contributed by atoms with Gasteiger partial charge in [0.2, 0.25) is 0 Å². The molecule has 1 rings (SSSR count). The van der Waals surface area contributed by atoms with E-state index in [-0.39, 0.29) is 5.78 Å². The fourth-order valence-electron chi connectivity index (χ4n) is 1.14. The third-order valence-electron chi connectivity index (χ3n) is 1.91. The van der Waals surface area contributed by atoms with E-state index in [2.05, 4.69) is 20.9 Å². The summed E-state index contributed by atoms with van der Waals surface area (Å²) in [5.41, 5.74) is 2.50. The van der Waals surface area contributed by atoms with Crippen molar-refractivity contribution in [1.82, 2.24) is 4.98 Å². The molecule has 0 spiro atoms. The van der Waals surface area contributed by atoms with Crippen molar-refractivity contribution in [2.24, 2.45) is 0 Å². The summed E-state index contributed by atoms with van der Waals surface area (Å²) < 4.78 is 0.986. The van der Waals surface area contributed by atoms with E-state index in [1.807, 2.05) is 26.8 Å². The molecule has 13 heavy (non-hydrogen) atoms. The van der Waals surface area contributed by atoms with Gasteiger partial charge in [-0.15, -0.1) is 0 Å². The number of carbonyl (C=O) groups is 1. The molecule has 2 nitrogen and oxygen atoms in total. The van der Waals surface area contributed by atoms with Crippen molar-refractivity contribution >= 4 is 21.7 Å². The molecule has 1 aromatic heterocycles. The normalized spacial score (nSPS) is 10.2. The number of pyridine rings is 1. The standard InChI is InChI=1S/C10H12BrNO/c1-4-9(13)8-5-6(2)10(11)7(3)12-8/h5H,4H2,1-3H3. The third kappa shape index (κ3) is 2.15. The van der Waals surface area contributed by atoms with Crippen molar-refractivity contribution in [2.45, 2.75) is 27.2 Å². The lowest BCUT2D eigenvalue weighted by molar-refractivity contribution is 0.0983. The minimum atomic E-state index is 0.0960. The highest BCUT2D eigenvalue weighted by Gasteiger charge is 2.08. The molecule has 0 N–H and O–H groups in total. The number of halogens is 1. The molecule has 0 saturated heterocycles. The van der Waals surface area contributed by atoms with Crippen molar-refractivity contribution < 1.29 is 4.79 Å². The molecule has 0 aliphatic carbocycles. The zero-order chi connectivity index (χ0) is 10.0. The van der Waals surface area contributed by atoms with Gasteiger partial charge in [0.15, 0.2) is 5.78 Å². The molecule has 0 amide bonds. The van der Waals surface area contributed by atoms with E-state index in [1.165, 1.54) is 0 Å². The number of carbonyl (C=O) groups excluding carboxylic acids is 1. The van der Waals surface area contributed by atoms with Crippen LogP contribution in [0.25, 0.3) is 0 Å². The molecule has 0 atom stereocenters. The Morgan fingerprint density at radius 1 is 1.54 bits per heavy atom. The van der Waals surface area contributed by atoms with E-state index in [4.69, 9.17) is 0 Å². The Morgan fingerprint density at radius 2 is 2.15 bits per heavy atom.